The number of nitrogens with one attached hydrogen (secondary N) is 2. The van der Waals surface area contributed by atoms with Crippen molar-refractivity contribution in [3.8, 4) is 5.75 Å². The second-order valence-electron chi connectivity index (χ2n) is 6.00. The van der Waals surface area contributed by atoms with E-state index < -0.39 is 0 Å². The number of benzene rings is 3. The van der Waals surface area contributed by atoms with E-state index in [1.807, 2.05) is 54.6 Å². The van der Waals surface area contributed by atoms with Crippen molar-refractivity contribution in [2.45, 2.75) is 6.61 Å². The fraction of sp³-hybridized carbons (Fsp3) is 0.0909. The van der Waals surface area contributed by atoms with Crippen LogP contribution in [0.2, 0.25) is 0 Å². The van der Waals surface area contributed by atoms with E-state index >= 15 is 0 Å². The Morgan fingerprint density at radius 3 is 2.39 bits per heavy atom. The number of ether oxygens (including phenoxy) is 1. The summed E-state index contributed by atoms with van der Waals surface area (Å²) in [5, 5.41) is 6.95. The first-order chi connectivity index (χ1) is 13.7. The predicted molar refractivity (Wildman–Crippen MR) is 108 cm³/mol. The molecule has 28 heavy (non-hydrogen) atoms. The number of hydrazone groups is 1. The van der Waals surface area contributed by atoms with Gasteiger partial charge in [-0.2, -0.15) is 5.10 Å². The monoisotopic (exact) mass is 377 g/mol. The van der Waals surface area contributed by atoms with Gasteiger partial charge in [-0.05, 0) is 59.7 Å². The highest BCUT2D eigenvalue weighted by Crippen LogP contribution is 2.14. The van der Waals surface area contributed by atoms with E-state index in [1.165, 1.54) is 12.1 Å². The Kier molecular flexibility index (Phi) is 6.73. The third-order valence-electron chi connectivity index (χ3n) is 3.83. The maximum absolute atomic E-state index is 12.9. The third kappa shape index (κ3) is 6.25. The number of carbonyl (C=O) groups excluding carboxylic acids is 1. The molecule has 0 fully saturated rings. The number of rotatable bonds is 8. The molecule has 0 aliphatic rings. The van der Waals surface area contributed by atoms with Gasteiger partial charge in [0.25, 0.3) is 5.91 Å². The van der Waals surface area contributed by atoms with E-state index in [9.17, 15) is 9.18 Å². The molecule has 0 saturated heterocycles. The molecule has 0 aliphatic carbocycles. The summed E-state index contributed by atoms with van der Waals surface area (Å²) >= 11 is 0. The van der Waals surface area contributed by atoms with Gasteiger partial charge in [-0.3, -0.25) is 4.79 Å². The molecule has 0 atom stereocenters. The van der Waals surface area contributed by atoms with Crippen LogP contribution < -0.4 is 15.5 Å². The molecular formula is C22H20FN3O2. The Morgan fingerprint density at radius 1 is 0.964 bits per heavy atom. The molecule has 3 rings (SSSR count). The van der Waals surface area contributed by atoms with Crippen LogP contribution in [0.4, 0.5) is 10.1 Å². The van der Waals surface area contributed by atoms with E-state index in [0.29, 0.717) is 12.4 Å². The fourth-order valence-corrected chi connectivity index (χ4v) is 2.35. The molecule has 5 nitrogen and oxygen atoms in total. The maximum atomic E-state index is 12.9. The number of halogens is 1. The molecule has 0 spiro atoms. The number of carbonyl (C=O) groups is 1. The van der Waals surface area contributed by atoms with Crippen molar-refractivity contribution in [3.63, 3.8) is 0 Å². The van der Waals surface area contributed by atoms with Crippen molar-refractivity contribution in [2.24, 2.45) is 5.10 Å². The molecule has 142 valence electrons. The van der Waals surface area contributed by atoms with Crippen molar-refractivity contribution < 1.29 is 13.9 Å². The Labute approximate surface area is 162 Å². The molecule has 0 radical (unpaired) electrons. The van der Waals surface area contributed by atoms with Gasteiger partial charge in [-0.15, -0.1) is 0 Å². The van der Waals surface area contributed by atoms with Crippen molar-refractivity contribution in [2.75, 3.05) is 11.9 Å². The van der Waals surface area contributed by atoms with Crippen LogP contribution in [-0.4, -0.2) is 18.7 Å². The molecule has 0 bridgehead atoms. The highest BCUT2D eigenvalue weighted by molar-refractivity contribution is 5.84. The van der Waals surface area contributed by atoms with Crippen molar-refractivity contribution >= 4 is 17.8 Å². The average Bonchev–Trinajstić information content (AvgIpc) is 2.73. The van der Waals surface area contributed by atoms with Gasteiger partial charge < -0.3 is 10.1 Å². The zero-order valence-electron chi connectivity index (χ0n) is 15.1. The Morgan fingerprint density at radius 2 is 1.68 bits per heavy atom. The van der Waals surface area contributed by atoms with Gasteiger partial charge >= 0.3 is 0 Å². The molecule has 2 N–H and O–H groups in total. The summed E-state index contributed by atoms with van der Waals surface area (Å²) in [5.74, 6) is 0.187. The Hall–Kier alpha value is -3.67. The SMILES string of the molecule is O=C(CNc1ccccc1)N/N=C\c1ccc(OCc2ccc(F)cc2)cc1. The first kappa shape index (κ1) is 19.1. The van der Waals surface area contributed by atoms with Crippen molar-refractivity contribution in [1.82, 2.24) is 5.43 Å². The first-order valence-corrected chi connectivity index (χ1v) is 8.77. The maximum Gasteiger partial charge on any atom is 0.259 e. The molecule has 0 heterocycles. The Balaban J connectivity index is 1.41. The van der Waals surface area contributed by atoms with E-state index in [1.54, 1.807) is 18.3 Å². The molecule has 1 amide bonds. The van der Waals surface area contributed by atoms with Crippen LogP contribution >= 0.6 is 0 Å². The first-order valence-electron chi connectivity index (χ1n) is 8.77. The Bertz CT molecular complexity index is 911. The molecule has 3 aromatic rings. The largest absolute Gasteiger partial charge is 0.489 e. The number of hydrogen-bond donors (Lipinski definition) is 2. The molecule has 0 aliphatic heterocycles. The highest BCUT2D eigenvalue weighted by atomic mass is 19.1. The summed E-state index contributed by atoms with van der Waals surface area (Å²) < 4.78 is 18.5. The summed E-state index contributed by atoms with van der Waals surface area (Å²) in [7, 11) is 0. The number of nitrogens with zero attached hydrogens (tertiary/aromatic N) is 1. The summed E-state index contributed by atoms with van der Waals surface area (Å²) in [6, 6.07) is 22.9. The average molecular weight is 377 g/mol. The number of hydrogen-bond acceptors (Lipinski definition) is 4. The summed E-state index contributed by atoms with van der Waals surface area (Å²) in [4.78, 5) is 11.8. The minimum absolute atomic E-state index is 0.136. The van der Waals surface area contributed by atoms with Gasteiger partial charge in [-0.1, -0.05) is 30.3 Å². The zero-order chi connectivity index (χ0) is 19.6. The molecule has 0 saturated carbocycles. The minimum Gasteiger partial charge on any atom is -0.489 e. The van der Waals surface area contributed by atoms with Crippen molar-refractivity contribution in [3.05, 3.63) is 95.8 Å². The van der Waals surface area contributed by atoms with Crippen LogP contribution in [-0.2, 0) is 11.4 Å². The van der Waals surface area contributed by atoms with E-state index in [2.05, 4.69) is 15.8 Å². The normalized spacial score (nSPS) is 10.6. The van der Waals surface area contributed by atoms with Crippen LogP contribution in [0, 0.1) is 5.82 Å². The summed E-state index contributed by atoms with van der Waals surface area (Å²) in [5.41, 5.74) is 5.06. The molecule has 0 unspecified atom stereocenters. The second kappa shape index (κ2) is 9.87. The van der Waals surface area contributed by atoms with Crippen LogP contribution in [0.5, 0.6) is 5.75 Å². The highest BCUT2D eigenvalue weighted by Gasteiger charge is 2.00. The lowest BCUT2D eigenvalue weighted by Gasteiger charge is -2.06. The quantitative estimate of drug-likeness (QED) is 0.461. The van der Waals surface area contributed by atoms with E-state index in [4.69, 9.17) is 4.74 Å². The number of para-hydroxylation sites is 1. The second-order valence-corrected chi connectivity index (χ2v) is 6.00. The van der Waals surface area contributed by atoms with Gasteiger partial charge in [0.05, 0.1) is 12.8 Å². The summed E-state index contributed by atoms with van der Waals surface area (Å²) in [6.45, 7) is 0.496. The standard InChI is InChI=1S/C22H20FN3O2/c23-19-10-6-18(7-11-19)16-28-21-12-8-17(9-13-21)14-25-26-22(27)15-24-20-4-2-1-3-5-20/h1-14,24H,15-16H2,(H,26,27)/b25-14-. The van der Waals surface area contributed by atoms with Crippen molar-refractivity contribution in [1.29, 1.82) is 0 Å². The number of amides is 1. The van der Waals surface area contributed by atoms with Gasteiger partial charge in [-0.25, -0.2) is 9.82 Å². The molecule has 0 aromatic heterocycles. The number of anilines is 1. The van der Waals surface area contributed by atoms with Gasteiger partial charge in [0.15, 0.2) is 0 Å². The van der Waals surface area contributed by atoms with Gasteiger partial charge in [0.2, 0.25) is 0 Å². The molecule has 6 heteroatoms. The van der Waals surface area contributed by atoms with Crippen LogP contribution in [0.15, 0.2) is 84.0 Å². The van der Waals surface area contributed by atoms with E-state index in [0.717, 1.165) is 16.8 Å². The van der Waals surface area contributed by atoms with Crippen LogP contribution in [0.25, 0.3) is 0 Å². The predicted octanol–water partition coefficient (Wildman–Crippen LogP) is 3.97. The van der Waals surface area contributed by atoms with Gasteiger partial charge in [0.1, 0.15) is 18.2 Å². The van der Waals surface area contributed by atoms with E-state index in [-0.39, 0.29) is 18.3 Å². The summed E-state index contributed by atoms with van der Waals surface area (Å²) in [6.07, 6.45) is 1.56. The minimum atomic E-state index is -0.268. The lowest BCUT2D eigenvalue weighted by Crippen LogP contribution is -2.25. The smallest absolute Gasteiger partial charge is 0.259 e. The lowest BCUT2D eigenvalue weighted by molar-refractivity contribution is -0.119. The molecule has 3 aromatic carbocycles. The fourth-order valence-electron chi connectivity index (χ4n) is 2.35. The lowest BCUT2D eigenvalue weighted by atomic mass is 10.2. The van der Waals surface area contributed by atoms with Gasteiger partial charge in [0, 0.05) is 5.69 Å². The topological polar surface area (TPSA) is 62.7 Å². The van der Waals surface area contributed by atoms with Crippen LogP contribution in [0.1, 0.15) is 11.1 Å². The van der Waals surface area contributed by atoms with Crippen LogP contribution in [0.3, 0.4) is 0 Å². The third-order valence-corrected chi connectivity index (χ3v) is 3.83. The zero-order valence-corrected chi connectivity index (χ0v) is 15.1. The molecular weight excluding hydrogens is 357 g/mol.